The average Bonchev–Trinajstić information content (AvgIpc) is 2.97. The molecule has 4 rings (SSSR count). The molecule has 0 spiro atoms. The predicted molar refractivity (Wildman–Crippen MR) is 86.3 cm³/mol. The van der Waals surface area contributed by atoms with Crippen LogP contribution in [0, 0.1) is 6.92 Å². The Kier molecular flexibility index (Phi) is 3.13. The van der Waals surface area contributed by atoms with Crippen molar-refractivity contribution in [2.24, 2.45) is 0 Å². The number of aryl methyl sites for hydroxylation is 1. The van der Waals surface area contributed by atoms with Crippen molar-refractivity contribution in [3.8, 4) is 5.75 Å². The summed E-state index contributed by atoms with van der Waals surface area (Å²) >= 11 is 3.49. The SMILES string of the molecule is Cc1nc2c(cc(OCCNC3CC3)c3ccsc32)s1. The van der Waals surface area contributed by atoms with E-state index < -0.39 is 0 Å². The molecule has 2 heterocycles. The molecule has 1 fully saturated rings. The zero-order chi connectivity index (χ0) is 13.5. The fourth-order valence-corrected chi connectivity index (χ4v) is 4.25. The molecule has 3 aromatic rings. The minimum atomic E-state index is 0.727. The van der Waals surface area contributed by atoms with Gasteiger partial charge in [0.25, 0.3) is 0 Å². The molecule has 104 valence electrons. The second kappa shape index (κ2) is 4.98. The average molecular weight is 304 g/mol. The number of ether oxygens (including phenoxy) is 1. The summed E-state index contributed by atoms with van der Waals surface area (Å²) in [7, 11) is 0. The molecule has 1 saturated carbocycles. The molecular weight excluding hydrogens is 288 g/mol. The summed E-state index contributed by atoms with van der Waals surface area (Å²) in [5.41, 5.74) is 1.13. The van der Waals surface area contributed by atoms with Crippen molar-refractivity contribution >= 4 is 43.0 Å². The second-order valence-corrected chi connectivity index (χ2v) is 7.35. The number of thiazole rings is 1. The van der Waals surface area contributed by atoms with Crippen molar-refractivity contribution in [1.29, 1.82) is 0 Å². The van der Waals surface area contributed by atoms with Crippen molar-refractivity contribution in [2.45, 2.75) is 25.8 Å². The highest BCUT2D eigenvalue weighted by Crippen LogP contribution is 2.38. The summed E-state index contributed by atoms with van der Waals surface area (Å²) in [5.74, 6) is 0.995. The number of aromatic nitrogens is 1. The summed E-state index contributed by atoms with van der Waals surface area (Å²) in [4.78, 5) is 4.64. The van der Waals surface area contributed by atoms with E-state index in [2.05, 4.69) is 34.7 Å². The first-order valence-electron chi connectivity index (χ1n) is 6.95. The van der Waals surface area contributed by atoms with Crippen LogP contribution in [0.3, 0.4) is 0 Å². The van der Waals surface area contributed by atoms with Gasteiger partial charge in [-0.05, 0) is 31.2 Å². The number of hydrogen-bond acceptors (Lipinski definition) is 5. The van der Waals surface area contributed by atoms with Crippen LogP contribution in [-0.4, -0.2) is 24.2 Å². The Morgan fingerprint density at radius 2 is 2.35 bits per heavy atom. The third kappa shape index (κ3) is 2.30. The summed E-state index contributed by atoms with van der Waals surface area (Å²) < 4.78 is 8.47. The number of nitrogens with one attached hydrogen (secondary N) is 1. The lowest BCUT2D eigenvalue weighted by Crippen LogP contribution is -2.22. The van der Waals surface area contributed by atoms with Crippen LogP contribution in [0.15, 0.2) is 17.5 Å². The molecule has 1 aliphatic rings. The maximum atomic E-state index is 6.00. The molecule has 0 bridgehead atoms. The highest BCUT2D eigenvalue weighted by Gasteiger charge is 2.19. The summed E-state index contributed by atoms with van der Waals surface area (Å²) in [6.45, 7) is 3.71. The fourth-order valence-electron chi connectivity index (χ4n) is 2.42. The van der Waals surface area contributed by atoms with Crippen LogP contribution in [0.5, 0.6) is 5.75 Å². The Balaban J connectivity index is 1.63. The van der Waals surface area contributed by atoms with Crippen molar-refractivity contribution in [3.05, 3.63) is 22.5 Å². The molecule has 1 aromatic carbocycles. The molecule has 0 unspecified atom stereocenters. The molecule has 1 aliphatic carbocycles. The highest BCUT2D eigenvalue weighted by molar-refractivity contribution is 7.21. The van der Waals surface area contributed by atoms with Crippen molar-refractivity contribution in [2.75, 3.05) is 13.2 Å². The topological polar surface area (TPSA) is 34.1 Å². The first kappa shape index (κ1) is 12.6. The molecule has 2 aromatic heterocycles. The van der Waals surface area contributed by atoms with Gasteiger partial charge in [-0.2, -0.15) is 0 Å². The number of nitrogens with zero attached hydrogens (tertiary/aromatic N) is 1. The van der Waals surface area contributed by atoms with Gasteiger partial charge >= 0.3 is 0 Å². The molecule has 0 aliphatic heterocycles. The molecule has 0 radical (unpaired) electrons. The molecule has 0 saturated heterocycles. The maximum absolute atomic E-state index is 6.00. The van der Waals surface area contributed by atoms with E-state index in [1.807, 2.05) is 0 Å². The van der Waals surface area contributed by atoms with Gasteiger partial charge in [0.2, 0.25) is 0 Å². The van der Waals surface area contributed by atoms with E-state index in [9.17, 15) is 0 Å². The lowest BCUT2D eigenvalue weighted by atomic mass is 10.2. The van der Waals surface area contributed by atoms with Gasteiger partial charge in [-0.1, -0.05) is 0 Å². The summed E-state index contributed by atoms with van der Waals surface area (Å²) in [6, 6.07) is 5.02. The molecule has 5 heteroatoms. The van der Waals surface area contributed by atoms with E-state index in [-0.39, 0.29) is 0 Å². The van der Waals surface area contributed by atoms with Crippen LogP contribution in [0.1, 0.15) is 17.8 Å². The largest absolute Gasteiger partial charge is 0.492 e. The molecule has 20 heavy (non-hydrogen) atoms. The van der Waals surface area contributed by atoms with E-state index in [0.717, 1.165) is 35.5 Å². The number of thiophene rings is 1. The molecule has 3 nitrogen and oxygen atoms in total. The summed E-state index contributed by atoms with van der Waals surface area (Å²) in [6.07, 6.45) is 2.64. The highest BCUT2D eigenvalue weighted by atomic mass is 32.1. The van der Waals surface area contributed by atoms with Crippen LogP contribution in [0.2, 0.25) is 0 Å². The summed E-state index contributed by atoms with van der Waals surface area (Å²) in [5, 5.41) is 7.90. The normalized spacial score (nSPS) is 15.2. The van der Waals surface area contributed by atoms with Gasteiger partial charge in [-0.15, -0.1) is 22.7 Å². The van der Waals surface area contributed by atoms with E-state index >= 15 is 0 Å². The first-order valence-corrected chi connectivity index (χ1v) is 8.64. The monoisotopic (exact) mass is 304 g/mol. The van der Waals surface area contributed by atoms with Gasteiger partial charge in [0.1, 0.15) is 12.4 Å². The Morgan fingerprint density at radius 1 is 1.45 bits per heavy atom. The van der Waals surface area contributed by atoms with E-state index in [1.54, 1.807) is 22.7 Å². The van der Waals surface area contributed by atoms with Gasteiger partial charge in [-0.25, -0.2) is 4.98 Å². The lowest BCUT2D eigenvalue weighted by Gasteiger charge is -2.08. The van der Waals surface area contributed by atoms with E-state index in [1.165, 1.54) is 27.6 Å². The molecule has 0 amide bonds. The van der Waals surface area contributed by atoms with E-state index in [4.69, 9.17) is 4.74 Å². The lowest BCUT2D eigenvalue weighted by molar-refractivity contribution is 0.317. The van der Waals surface area contributed by atoms with Gasteiger partial charge in [0.05, 0.1) is 19.9 Å². The van der Waals surface area contributed by atoms with Crippen molar-refractivity contribution < 1.29 is 4.74 Å². The van der Waals surface area contributed by atoms with Crippen molar-refractivity contribution in [3.63, 3.8) is 0 Å². The number of benzene rings is 1. The minimum absolute atomic E-state index is 0.727. The fraction of sp³-hybridized carbons (Fsp3) is 0.400. The second-order valence-electron chi connectivity index (χ2n) is 5.19. The Bertz CT molecular complexity index is 758. The maximum Gasteiger partial charge on any atom is 0.129 e. The Labute approximate surface area is 125 Å². The predicted octanol–water partition coefficient (Wildman–Crippen LogP) is 3.95. The van der Waals surface area contributed by atoms with Crippen LogP contribution < -0.4 is 10.1 Å². The number of rotatable bonds is 5. The molecule has 1 N–H and O–H groups in total. The van der Waals surface area contributed by atoms with Crippen LogP contribution in [0.4, 0.5) is 0 Å². The molecular formula is C15H16N2OS2. The number of fused-ring (bicyclic) bond motifs is 3. The van der Waals surface area contributed by atoms with E-state index in [0.29, 0.717) is 0 Å². The standard InChI is InChI=1S/C15H16N2OS2/c1-9-17-14-13(20-9)8-12(11-4-7-19-15(11)14)18-6-5-16-10-2-3-10/h4,7-8,10,16H,2-3,5-6H2,1H3. The smallest absolute Gasteiger partial charge is 0.129 e. The zero-order valence-corrected chi connectivity index (χ0v) is 12.9. The first-order chi connectivity index (χ1) is 9.81. The van der Waals surface area contributed by atoms with Crippen LogP contribution >= 0.6 is 22.7 Å². The van der Waals surface area contributed by atoms with Crippen LogP contribution in [0.25, 0.3) is 20.3 Å². The van der Waals surface area contributed by atoms with Gasteiger partial charge in [0, 0.05) is 24.0 Å². The minimum Gasteiger partial charge on any atom is -0.492 e. The third-order valence-corrected chi connectivity index (χ3v) is 5.38. The van der Waals surface area contributed by atoms with Crippen molar-refractivity contribution in [1.82, 2.24) is 10.3 Å². The van der Waals surface area contributed by atoms with Gasteiger partial charge < -0.3 is 10.1 Å². The van der Waals surface area contributed by atoms with Gasteiger partial charge in [-0.3, -0.25) is 0 Å². The molecule has 0 atom stereocenters. The third-order valence-electron chi connectivity index (χ3n) is 3.54. The number of hydrogen-bond donors (Lipinski definition) is 1. The van der Waals surface area contributed by atoms with Gasteiger partial charge in [0.15, 0.2) is 0 Å². The Morgan fingerprint density at radius 3 is 3.20 bits per heavy atom. The Hall–Kier alpha value is -1.17. The van der Waals surface area contributed by atoms with Crippen LogP contribution in [-0.2, 0) is 0 Å². The quantitative estimate of drug-likeness (QED) is 0.725. The zero-order valence-electron chi connectivity index (χ0n) is 11.3.